The predicted molar refractivity (Wildman–Crippen MR) is 98.5 cm³/mol. The van der Waals surface area contributed by atoms with Crippen molar-refractivity contribution in [2.75, 3.05) is 20.2 Å². The number of aliphatic hydroxyl groups excluding tert-OH is 1. The number of ether oxygens (including phenoxy) is 1. The summed E-state index contributed by atoms with van der Waals surface area (Å²) in [5.74, 6) is 1.89. The molecule has 4 nitrogen and oxygen atoms in total. The molecule has 6 rings (SSSR count). The van der Waals surface area contributed by atoms with Crippen molar-refractivity contribution >= 4 is 0 Å². The Morgan fingerprint density at radius 2 is 1.96 bits per heavy atom. The molecular formula is C22H35NO3. The van der Waals surface area contributed by atoms with E-state index >= 15 is 0 Å². The van der Waals surface area contributed by atoms with Crippen LogP contribution in [0.1, 0.15) is 52.4 Å². The summed E-state index contributed by atoms with van der Waals surface area (Å²) in [6.07, 6.45) is 6.59. The summed E-state index contributed by atoms with van der Waals surface area (Å²) >= 11 is 0. The Balaban J connectivity index is 1.62. The van der Waals surface area contributed by atoms with Gasteiger partial charge in [0.2, 0.25) is 0 Å². The highest BCUT2D eigenvalue weighted by atomic mass is 16.5. The third kappa shape index (κ3) is 1.51. The lowest BCUT2D eigenvalue weighted by Gasteiger charge is -2.69. The Labute approximate surface area is 157 Å². The number of nitrogens with zero attached hydrogens (tertiary/aromatic N) is 1. The van der Waals surface area contributed by atoms with E-state index in [1.54, 1.807) is 0 Å². The number of likely N-dealkylation sites (tertiary alicyclic amines) is 1. The van der Waals surface area contributed by atoms with Crippen molar-refractivity contribution < 1.29 is 14.9 Å². The van der Waals surface area contributed by atoms with Crippen LogP contribution in [0.5, 0.6) is 0 Å². The molecule has 1 saturated heterocycles. The molecule has 0 aromatic carbocycles. The van der Waals surface area contributed by atoms with Gasteiger partial charge in [0.25, 0.3) is 0 Å². The highest BCUT2D eigenvalue weighted by molar-refractivity contribution is 5.32. The van der Waals surface area contributed by atoms with Crippen LogP contribution in [0, 0.1) is 40.4 Å². The van der Waals surface area contributed by atoms with Crippen LogP contribution in [0.3, 0.4) is 0 Å². The van der Waals surface area contributed by atoms with E-state index in [1.807, 2.05) is 7.11 Å². The van der Waals surface area contributed by atoms with E-state index in [4.69, 9.17) is 4.74 Å². The third-order valence-corrected chi connectivity index (χ3v) is 10.6. The van der Waals surface area contributed by atoms with Crippen LogP contribution < -0.4 is 0 Å². The summed E-state index contributed by atoms with van der Waals surface area (Å²) < 4.78 is 6.25. The maximum atomic E-state index is 12.0. The SMILES string of the molecule is CCN1CC2(C)CCC(OC)C34C5CC6CCC(O)(C(CC23)C14)C5C6O. The molecular weight excluding hydrogens is 326 g/mol. The molecule has 1 aliphatic heterocycles. The molecule has 11 unspecified atom stereocenters. The molecule has 26 heavy (non-hydrogen) atoms. The Morgan fingerprint density at radius 3 is 2.69 bits per heavy atom. The molecule has 146 valence electrons. The van der Waals surface area contributed by atoms with E-state index in [2.05, 4.69) is 18.7 Å². The van der Waals surface area contributed by atoms with Crippen LogP contribution in [-0.4, -0.2) is 59.2 Å². The average Bonchev–Trinajstić information content (AvgIpc) is 3.02. The quantitative estimate of drug-likeness (QED) is 0.792. The highest BCUT2D eigenvalue weighted by Gasteiger charge is 2.82. The normalized spacial score (nSPS) is 65.4. The van der Waals surface area contributed by atoms with Gasteiger partial charge in [-0.25, -0.2) is 0 Å². The number of hydrogen-bond acceptors (Lipinski definition) is 4. The summed E-state index contributed by atoms with van der Waals surface area (Å²) in [6.45, 7) is 7.08. The number of piperidine rings is 1. The Bertz CT molecular complexity index is 641. The highest BCUT2D eigenvalue weighted by Crippen LogP contribution is 2.78. The van der Waals surface area contributed by atoms with Crippen molar-refractivity contribution in [2.45, 2.75) is 76.2 Å². The molecule has 0 amide bonds. The number of methoxy groups -OCH3 is 1. The maximum absolute atomic E-state index is 12.0. The van der Waals surface area contributed by atoms with Gasteiger partial charge in [-0.05, 0) is 68.2 Å². The van der Waals surface area contributed by atoms with Crippen molar-refractivity contribution in [1.82, 2.24) is 4.90 Å². The molecule has 2 N–H and O–H groups in total. The number of fused-ring (bicyclic) bond motifs is 2. The molecule has 0 aromatic heterocycles. The van der Waals surface area contributed by atoms with Gasteiger partial charge in [0.05, 0.1) is 17.8 Å². The van der Waals surface area contributed by atoms with Crippen molar-refractivity contribution in [1.29, 1.82) is 0 Å². The van der Waals surface area contributed by atoms with Gasteiger partial charge in [0.1, 0.15) is 0 Å². The molecule has 7 bridgehead atoms. The number of hydrogen-bond donors (Lipinski definition) is 2. The van der Waals surface area contributed by atoms with Crippen molar-refractivity contribution in [3.05, 3.63) is 0 Å². The van der Waals surface area contributed by atoms with E-state index in [0.29, 0.717) is 41.2 Å². The second-order valence-electron chi connectivity index (χ2n) is 11.0. The van der Waals surface area contributed by atoms with Gasteiger partial charge < -0.3 is 14.9 Å². The summed E-state index contributed by atoms with van der Waals surface area (Å²) in [4.78, 5) is 2.73. The van der Waals surface area contributed by atoms with E-state index in [1.165, 1.54) is 13.0 Å². The van der Waals surface area contributed by atoms with Crippen molar-refractivity contribution in [2.24, 2.45) is 40.4 Å². The number of rotatable bonds is 2. The van der Waals surface area contributed by atoms with Crippen LogP contribution in [-0.2, 0) is 4.74 Å². The molecule has 0 aromatic rings. The second kappa shape index (κ2) is 4.87. The fourth-order valence-corrected chi connectivity index (χ4v) is 10.1. The fourth-order valence-electron chi connectivity index (χ4n) is 10.1. The van der Waals surface area contributed by atoms with Crippen LogP contribution in [0.25, 0.3) is 0 Å². The zero-order valence-electron chi connectivity index (χ0n) is 16.5. The zero-order chi connectivity index (χ0) is 18.1. The fraction of sp³-hybridized carbons (Fsp3) is 1.00. The van der Waals surface area contributed by atoms with E-state index in [-0.39, 0.29) is 17.4 Å². The summed E-state index contributed by atoms with van der Waals surface area (Å²) in [7, 11) is 1.92. The number of aliphatic hydroxyl groups is 2. The lowest BCUT2D eigenvalue weighted by molar-refractivity contribution is -0.265. The van der Waals surface area contributed by atoms with Crippen LogP contribution in [0.4, 0.5) is 0 Å². The van der Waals surface area contributed by atoms with Crippen molar-refractivity contribution in [3.63, 3.8) is 0 Å². The van der Waals surface area contributed by atoms with E-state index in [0.717, 1.165) is 38.6 Å². The van der Waals surface area contributed by atoms with Crippen molar-refractivity contribution in [3.8, 4) is 0 Å². The molecule has 11 atom stereocenters. The average molecular weight is 362 g/mol. The molecule has 0 radical (unpaired) electrons. The Morgan fingerprint density at radius 1 is 1.15 bits per heavy atom. The van der Waals surface area contributed by atoms with Gasteiger partial charge in [-0.15, -0.1) is 0 Å². The van der Waals surface area contributed by atoms with Gasteiger partial charge in [-0.3, -0.25) is 4.90 Å². The molecule has 6 fully saturated rings. The van der Waals surface area contributed by atoms with Crippen LogP contribution in [0.15, 0.2) is 0 Å². The topological polar surface area (TPSA) is 52.9 Å². The van der Waals surface area contributed by atoms with E-state index in [9.17, 15) is 10.2 Å². The van der Waals surface area contributed by atoms with Gasteiger partial charge >= 0.3 is 0 Å². The smallest absolute Gasteiger partial charge is 0.0746 e. The first-order valence-electron chi connectivity index (χ1n) is 11.1. The first-order valence-corrected chi connectivity index (χ1v) is 11.1. The first-order chi connectivity index (χ1) is 12.4. The molecule has 1 spiro atoms. The second-order valence-corrected chi connectivity index (χ2v) is 11.0. The van der Waals surface area contributed by atoms with Crippen LogP contribution in [0.2, 0.25) is 0 Å². The molecule has 1 heterocycles. The largest absolute Gasteiger partial charge is 0.392 e. The maximum Gasteiger partial charge on any atom is 0.0746 e. The summed E-state index contributed by atoms with van der Waals surface area (Å²) in [6, 6.07) is 0.450. The van der Waals surface area contributed by atoms with Gasteiger partial charge in [-0.2, -0.15) is 0 Å². The van der Waals surface area contributed by atoms with Gasteiger partial charge in [0.15, 0.2) is 0 Å². The minimum absolute atomic E-state index is 0.0873. The van der Waals surface area contributed by atoms with Gasteiger partial charge in [-0.1, -0.05) is 13.8 Å². The molecule has 5 aliphatic carbocycles. The molecule has 4 heteroatoms. The summed E-state index contributed by atoms with van der Waals surface area (Å²) in [5.41, 5.74) is -0.159. The first kappa shape index (κ1) is 16.8. The van der Waals surface area contributed by atoms with Crippen LogP contribution >= 0.6 is 0 Å². The minimum Gasteiger partial charge on any atom is -0.392 e. The summed E-state index contributed by atoms with van der Waals surface area (Å²) in [5, 5.41) is 23.2. The lowest BCUT2D eigenvalue weighted by Crippen LogP contribution is -2.75. The predicted octanol–water partition coefficient (Wildman–Crippen LogP) is 2.28. The lowest BCUT2D eigenvalue weighted by atomic mass is 9.43. The zero-order valence-corrected chi connectivity index (χ0v) is 16.5. The molecule has 5 saturated carbocycles. The Hall–Kier alpha value is -0.160. The monoisotopic (exact) mass is 361 g/mol. The third-order valence-electron chi connectivity index (χ3n) is 10.6. The molecule has 6 aliphatic rings. The standard InChI is InChI=1S/C22H35NO3/c1-4-23-11-20(2)7-6-16(26-3)22-13-9-12-5-8-21(25,17(13)18(12)24)14(19(22)23)10-15(20)22/h12-19,24-25H,4-11H2,1-3H3. The minimum atomic E-state index is -0.651. The van der Waals surface area contributed by atoms with E-state index < -0.39 is 5.60 Å². The van der Waals surface area contributed by atoms with Gasteiger partial charge in [0, 0.05) is 36.9 Å². The Kier molecular flexibility index (Phi) is 3.14.